The van der Waals surface area contributed by atoms with Crippen LogP contribution in [0.5, 0.6) is 0 Å². The number of nitrogens with zero attached hydrogens (tertiary/aromatic N) is 2. The van der Waals surface area contributed by atoms with Crippen LogP contribution in [0, 0.1) is 0 Å². The second kappa shape index (κ2) is 4.66. The van der Waals surface area contributed by atoms with Gasteiger partial charge in [-0.2, -0.15) is 0 Å². The monoisotopic (exact) mass is 208 g/mol. The summed E-state index contributed by atoms with van der Waals surface area (Å²) >= 11 is 0. The average molecular weight is 208 g/mol. The molecule has 0 amide bonds. The van der Waals surface area contributed by atoms with Gasteiger partial charge in [-0.3, -0.25) is 0 Å². The van der Waals surface area contributed by atoms with E-state index in [9.17, 15) is 0 Å². The van der Waals surface area contributed by atoms with E-state index in [2.05, 4.69) is 21.8 Å². The summed E-state index contributed by atoms with van der Waals surface area (Å²) in [4.78, 5) is 4.31. The maximum absolute atomic E-state index is 6.09. The van der Waals surface area contributed by atoms with Gasteiger partial charge < -0.3 is 15.6 Å². The smallest absolute Gasteiger partial charge is 0.203 e. The second-order valence-corrected chi connectivity index (χ2v) is 4.24. The summed E-state index contributed by atoms with van der Waals surface area (Å²) in [6, 6.07) is 0.673. The molecule has 1 aliphatic rings. The first-order chi connectivity index (χ1) is 7.31. The summed E-state index contributed by atoms with van der Waals surface area (Å²) in [6.07, 6.45) is 8.67. The zero-order valence-corrected chi connectivity index (χ0v) is 9.32. The van der Waals surface area contributed by atoms with Crippen LogP contribution in [0.25, 0.3) is 0 Å². The molecule has 15 heavy (non-hydrogen) atoms. The van der Waals surface area contributed by atoms with Gasteiger partial charge >= 0.3 is 0 Å². The van der Waals surface area contributed by atoms with Gasteiger partial charge in [0.15, 0.2) is 0 Å². The molecule has 1 saturated carbocycles. The van der Waals surface area contributed by atoms with Crippen molar-refractivity contribution < 1.29 is 0 Å². The van der Waals surface area contributed by atoms with Crippen molar-refractivity contribution in [2.45, 2.75) is 51.2 Å². The molecule has 3 N–H and O–H groups in total. The van der Waals surface area contributed by atoms with E-state index in [1.165, 1.54) is 12.8 Å². The van der Waals surface area contributed by atoms with Crippen LogP contribution >= 0.6 is 0 Å². The van der Waals surface area contributed by atoms with Gasteiger partial charge in [-0.25, -0.2) is 4.98 Å². The van der Waals surface area contributed by atoms with Crippen LogP contribution in [0.1, 0.15) is 32.6 Å². The Morgan fingerprint density at radius 3 is 3.07 bits per heavy atom. The Labute approximate surface area is 90.9 Å². The molecule has 0 unspecified atom stereocenters. The third kappa shape index (κ3) is 2.31. The third-order valence-corrected chi connectivity index (χ3v) is 3.19. The first-order valence-electron chi connectivity index (χ1n) is 5.84. The van der Waals surface area contributed by atoms with Gasteiger partial charge in [0.05, 0.1) is 0 Å². The van der Waals surface area contributed by atoms with Crippen molar-refractivity contribution in [1.29, 1.82) is 0 Å². The molecule has 1 heterocycles. The lowest BCUT2D eigenvalue weighted by molar-refractivity contribution is 0.401. The van der Waals surface area contributed by atoms with Crippen molar-refractivity contribution >= 4 is 5.95 Å². The number of anilines is 1. The molecular weight excluding hydrogens is 188 g/mol. The van der Waals surface area contributed by atoms with Crippen molar-refractivity contribution in [3.8, 4) is 0 Å². The van der Waals surface area contributed by atoms with Gasteiger partial charge in [0, 0.05) is 31.0 Å². The fourth-order valence-corrected chi connectivity index (χ4v) is 2.21. The first kappa shape index (κ1) is 10.5. The molecule has 0 spiro atoms. The number of nitrogens with one attached hydrogen (secondary N) is 1. The SMILES string of the molecule is CCn1ccnc1N[C@@H]1CCCC[C@H]1N. The van der Waals surface area contributed by atoms with E-state index in [0.29, 0.717) is 6.04 Å². The van der Waals surface area contributed by atoms with Crippen LogP contribution in [0.15, 0.2) is 12.4 Å². The number of imidazole rings is 1. The van der Waals surface area contributed by atoms with Gasteiger partial charge in [-0.15, -0.1) is 0 Å². The highest BCUT2D eigenvalue weighted by atomic mass is 15.2. The van der Waals surface area contributed by atoms with Crippen LogP contribution in [0.3, 0.4) is 0 Å². The lowest BCUT2D eigenvalue weighted by Gasteiger charge is -2.29. The normalized spacial score (nSPS) is 26.5. The van der Waals surface area contributed by atoms with Gasteiger partial charge in [0.25, 0.3) is 0 Å². The Morgan fingerprint density at radius 1 is 1.53 bits per heavy atom. The standard InChI is InChI=1S/C11H20N4/c1-2-15-8-7-13-11(15)14-10-6-4-3-5-9(10)12/h7-10H,2-6,12H2,1H3,(H,13,14)/t9-,10-/m1/s1. The lowest BCUT2D eigenvalue weighted by Crippen LogP contribution is -2.43. The van der Waals surface area contributed by atoms with Crippen LogP contribution in [-0.2, 0) is 6.54 Å². The summed E-state index contributed by atoms with van der Waals surface area (Å²) in [5.41, 5.74) is 6.09. The highest BCUT2D eigenvalue weighted by Gasteiger charge is 2.22. The summed E-state index contributed by atoms with van der Waals surface area (Å²) in [5, 5.41) is 3.46. The topological polar surface area (TPSA) is 55.9 Å². The van der Waals surface area contributed by atoms with E-state index in [1.54, 1.807) is 0 Å². The molecule has 0 radical (unpaired) electrons. The van der Waals surface area contributed by atoms with Crippen LogP contribution in [0.4, 0.5) is 5.95 Å². The van der Waals surface area contributed by atoms with Crippen LogP contribution in [0.2, 0.25) is 0 Å². The Bertz CT molecular complexity index is 307. The molecule has 0 aromatic carbocycles. The van der Waals surface area contributed by atoms with Crippen LogP contribution < -0.4 is 11.1 Å². The Morgan fingerprint density at radius 2 is 2.33 bits per heavy atom. The van der Waals surface area contributed by atoms with Crippen molar-refractivity contribution in [3.05, 3.63) is 12.4 Å². The zero-order valence-electron chi connectivity index (χ0n) is 9.32. The summed E-state index contributed by atoms with van der Waals surface area (Å²) < 4.78 is 2.11. The Kier molecular flexibility index (Phi) is 3.26. The number of hydrogen-bond acceptors (Lipinski definition) is 3. The fraction of sp³-hybridized carbons (Fsp3) is 0.727. The lowest BCUT2D eigenvalue weighted by atomic mass is 9.91. The molecule has 4 heteroatoms. The van der Waals surface area contributed by atoms with Crippen molar-refractivity contribution in [2.75, 3.05) is 5.32 Å². The summed E-state index contributed by atoms with van der Waals surface area (Å²) in [7, 11) is 0. The van der Waals surface area contributed by atoms with E-state index < -0.39 is 0 Å². The molecule has 0 aliphatic heterocycles. The molecule has 1 aliphatic carbocycles. The average Bonchev–Trinajstić information content (AvgIpc) is 2.69. The van der Waals surface area contributed by atoms with Gasteiger partial charge in [0.1, 0.15) is 0 Å². The largest absolute Gasteiger partial charge is 0.351 e. The molecule has 2 rings (SSSR count). The number of nitrogens with two attached hydrogens (primary N) is 1. The van der Waals surface area contributed by atoms with E-state index in [4.69, 9.17) is 5.73 Å². The minimum atomic E-state index is 0.278. The number of hydrogen-bond donors (Lipinski definition) is 2. The van der Waals surface area contributed by atoms with Crippen molar-refractivity contribution in [1.82, 2.24) is 9.55 Å². The summed E-state index contributed by atoms with van der Waals surface area (Å²) in [5.74, 6) is 0.958. The minimum absolute atomic E-state index is 0.278. The molecule has 0 bridgehead atoms. The highest BCUT2D eigenvalue weighted by Crippen LogP contribution is 2.20. The molecule has 2 atom stereocenters. The maximum atomic E-state index is 6.09. The molecule has 1 fully saturated rings. The van der Waals surface area contributed by atoms with Crippen LogP contribution in [-0.4, -0.2) is 21.6 Å². The molecule has 0 saturated heterocycles. The van der Waals surface area contributed by atoms with E-state index in [-0.39, 0.29) is 6.04 Å². The van der Waals surface area contributed by atoms with Gasteiger partial charge in [-0.05, 0) is 19.8 Å². The number of aryl methyl sites for hydroxylation is 1. The van der Waals surface area contributed by atoms with Gasteiger partial charge in [-0.1, -0.05) is 12.8 Å². The predicted octanol–water partition coefficient (Wildman–Crippen LogP) is 1.58. The van der Waals surface area contributed by atoms with Gasteiger partial charge in [0.2, 0.25) is 5.95 Å². The number of rotatable bonds is 3. The highest BCUT2D eigenvalue weighted by molar-refractivity contribution is 5.28. The first-order valence-corrected chi connectivity index (χ1v) is 5.84. The molecule has 4 nitrogen and oxygen atoms in total. The Hall–Kier alpha value is -1.03. The maximum Gasteiger partial charge on any atom is 0.203 e. The molecular formula is C11H20N4. The third-order valence-electron chi connectivity index (χ3n) is 3.19. The quantitative estimate of drug-likeness (QED) is 0.793. The second-order valence-electron chi connectivity index (χ2n) is 4.24. The molecule has 1 aromatic rings. The number of aromatic nitrogens is 2. The van der Waals surface area contributed by atoms with E-state index >= 15 is 0 Å². The van der Waals surface area contributed by atoms with Crippen molar-refractivity contribution in [2.24, 2.45) is 5.73 Å². The predicted molar refractivity (Wildman–Crippen MR) is 61.8 cm³/mol. The molecule has 84 valence electrons. The fourth-order valence-electron chi connectivity index (χ4n) is 2.21. The van der Waals surface area contributed by atoms with E-state index in [1.807, 2.05) is 12.4 Å². The van der Waals surface area contributed by atoms with Crippen molar-refractivity contribution in [3.63, 3.8) is 0 Å². The Balaban J connectivity index is 2.01. The zero-order chi connectivity index (χ0) is 10.7. The van der Waals surface area contributed by atoms with E-state index in [0.717, 1.165) is 25.3 Å². The molecule has 1 aromatic heterocycles. The summed E-state index contributed by atoms with van der Waals surface area (Å²) in [6.45, 7) is 3.07. The minimum Gasteiger partial charge on any atom is -0.351 e.